The molecule has 0 aromatic heterocycles. The summed E-state index contributed by atoms with van der Waals surface area (Å²) in [5, 5.41) is 0.459. The zero-order valence-corrected chi connectivity index (χ0v) is 13.4. The summed E-state index contributed by atoms with van der Waals surface area (Å²) in [6.45, 7) is 2.10. The van der Waals surface area contributed by atoms with Gasteiger partial charge < -0.3 is 9.80 Å². The minimum Gasteiger partial charge on any atom is -0.335 e. The fourth-order valence-corrected chi connectivity index (χ4v) is 2.90. The Morgan fingerprint density at radius 2 is 1.26 bits per heavy atom. The molecule has 0 spiro atoms. The Bertz CT molecular complexity index is 710. The zero-order valence-electron chi connectivity index (χ0n) is 12.6. The Morgan fingerprint density at radius 3 is 1.87 bits per heavy atom. The van der Waals surface area contributed by atoms with Gasteiger partial charge in [0.1, 0.15) is 0 Å². The van der Waals surface area contributed by atoms with Gasteiger partial charge in [-0.15, -0.1) is 0 Å². The molecule has 0 bridgehead atoms. The first kappa shape index (κ1) is 15.6. The minimum absolute atomic E-state index is 0.00967. The van der Waals surface area contributed by atoms with Gasteiger partial charge in [-0.2, -0.15) is 0 Å². The number of hydrogen-bond acceptors (Lipinski definition) is 2. The van der Waals surface area contributed by atoms with E-state index in [1.54, 1.807) is 34.1 Å². The molecule has 0 radical (unpaired) electrons. The van der Waals surface area contributed by atoms with E-state index in [1.807, 2.05) is 30.3 Å². The fraction of sp³-hybridized carbons (Fsp3) is 0.222. The van der Waals surface area contributed by atoms with E-state index in [0.29, 0.717) is 42.3 Å². The van der Waals surface area contributed by atoms with Crippen LogP contribution in [-0.2, 0) is 0 Å². The van der Waals surface area contributed by atoms with E-state index in [4.69, 9.17) is 11.6 Å². The van der Waals surface area contributed by atoms with Gasteiger partial charge in [-0.3, -0.25) is 9.59 Å². The van der Waals surface area contributed by atoms with Crippen molar-refractivity contribution in [2.45, 2.75) is 0 Å². The fourth-order valence-electron chi connectivity index (χ4n) is 2.68. The zero-order chi connectivity index (χ0) is 16.2. The number of carbonyl (C=O) groups excluding carboxylic acids is 2. The maximum Gasteiger partial charge on any atom is 0.255 e. The average Bonchev–Trinajstić information content (AvgIpc) is 2.62. The van der Waals surface area contributed by atoms with Crippen molar-refractivity contribution < 1.29 is 9.59 Å². The number of halogens is 1. The Labute approximate surface area is 140 Å². The van der Waals surface area contributed by atoms with E-state index in [-0.39, 0.29) is 11.8 Å². The number of benzene rings is 2. The molecule has 2 aromatic rings. The number of piperazine rings is 1. The molecule has 2 aromatic carbocycles. The van der Waals surface area contributed by atoms with Crippen molar-refractivity contribution in [2.75, 3.05) is 26.2 Å². The number of amides is 2. The lowest BCUT2D eigenvalue weighted by atomic mass is 10.1. The van der Waals surface area contributed by atoms with Gasteiger partial charge in [0.15, 0.2) is 0 Å². The van der Waals surface area contributed by atoms with Gasteiger partial charge >= 0.3 is 0 Å². The standard InChI is InChI=1S/C18H17ClN2O2/c19-16-9-5-4-8-15(16)18(23)21-12-10-20(11-13-21)17(22)14-6-2-1-3-7-14/h1-9H,10-13H2. The third kappa shape index (κ3) is 3.37. The highest BCUT2D eigenvalue weighted by Crippen LogP contribution is 2.18. The average molecular weight is 329 g/mol. The molecular weight excluding hydrogens is 312 g/mol. The monoisotopic (exact) mass is 328 g/mol. The first-order valence-corrected chi connectivity index (χ1v) is 7.93. The number of carbonyl (C=O) groups is 2. The number of hydrogen-bond donors (Lipinski definition) is 0. The Balaban J connectivity index is 1.64. The van der Waals surface area contributed by atoms with Crippen molar-refractivity contribution in [3.8, 4) is 0 Å². The Hall–Kier alpha value is -2.33. The lowest BCUT2D eigenvalue weighted by Gasteiger charge is -2.35. The van der Waals surface area contributed by atoms with Gasteiger partial charge in [-0.1, -0.05) is 41.9 Å². The Morgan fingerprint density at radius 1 is 0.739 bits per heavy atom. The van der Waals surface area contributed by atoms with Crippen molar-refractivity contribution in [1.29, 1.82) is 0 Å². The SMILES string of the molecule is O=C(c1ccccc1)N1CCN(C(=O)c2ccccc2Cl)CC1. The summed E-state index contributed by atoms with van der Waals surface area (Å²) in [4.78, 5) is 28.4. The van der Waals surface area contributed by atoms with Crippen LogP contribution in [0, 0.1) is 0 Å². The summed E-state index contributed by atoms with van der Waals surface area (Å²) in [6.07, 6.45) is 0. The molecule has 1 heterocycles. The molecule has 4 nitrogen and oxygen atoms in total. The molecule has 0 saturated carbocycles. The van der Waals surface area contributed by atoms with Crippen molar-refractivity contribution in [3.63, 3.8) is 0 Å². The summed E-state index contributed by atoms with van der Waals surface area (Å²) < 4.78 is 0. The molecule has 2 amide bonds. The molecule has 1 saturated heterocycles. The van der Waals surface area contributed by atoms with Gasteiger partial charge in [0.25, 0.3) is 11.8 Å². The molecule has 0 N–H and O–H groups in total. The predicted octanol–water partition coefficient (Wildman–Crippen LogP) is 2.94. The largest absolute Gasteiger partial charge is 0.335 e. The molecule has 1 aliphatic rings. The molecule has 118 valence electrons. The van der Waals surface area contributed by atoms with Gasteiger partial charge in [0, 0.05) is 31.7 Å². The minimum atomic E-state index is -0.0811. The quantitative estimate of drug-likeness (QED) is 0.850. The van der Waals surface area contributed by atoms with Crippen LogP contribution < -0.4 is 0 Å². The molecule has 0 aliphatic carbocycles. The van der Waals surface area contributed by atoms with Crippen LogP contribution in [0.2, 0.25) is 5.02 Å². The van der Waals surface area contributed by atoms with E-state index in [1.165, 1.54) is 0 Å². The van der Waals surface area contributed by atoms with E-state index in [2.05, 4.69) is 0 Å². The van der Waals surface area contributed by atoms with E-state index < -0.39 is 0 Å². The van der Waals surface area contributed by atoms with Gasteiger partial charge in [-0.05, 0) is 24.3 Å². The summed E-state index contributed by atoms with van der Waals surface area (Å²) >= 11 is 6.09. The molecule has 23 heavy (non-hydrogen) atoms. The van der Waals surface area contributed by atoms with Crippen LogP contribution in [0.25, 0.3) is 0 Å². The maximum atomic E-state index is 12.5. The molecule has 1 fully saturated rings. The molecule has 3 rings (SSSR count). The predicted molar refractivity (Wildman–Crippen MR) is 89.7 cm³/mol. The van der Waals surface area contributed by atoms with Gasteiger partial charge in [0.2, 0.25) is 0 Å². The maximum absolute atomic E-state index is 12.5. The normalized spacial score (nSPS) is 14.7. The Kier molecular flexibility index (Phi) is 4.63. The molecule has 0 unspecified atom stereocenters. The lowest BCUT2D eigenvalue weighted by molar-refractivity contribution is 0.0535. The van der Waals surface area contributed by atoms with Crippen molar-refractivity contribution in [3.05, 3.63) is 70.7 Å². The highest BCUT2D eigenvalue weighted by Gasteiger charge is 2.26. The van der Waals surface area contributed by atoms with Crippen LogP contribution in [0.15, 0.2) is 54.6 Å². The van der Waals surface area contributed by atoms with Crippen LogP contribution in [0.1, 0.15) is 20.7 Å². The topological polar surface area (TPSA) is 40.6 Å². The van der Waals surface area contributed by atoms with Gasteiger partial charge in [0.05, 0.1) is 10.6 Å². The second kappa shape index (κ2) is 6.84. The second-order valence-electron chi connectivity index (χ2n) is 5.43. The number of rotatable bonds is 2. The van der Waals surface area contributed by atoms with E-state index in [0.717, 1.165) is 0 Å². The van der Waals surface area contributed by atoms with Crippen LogP contribution >= 0.6 is 11.6 Å². The van der Waals surface area contributed by atoms with Crippen LogP contribution in [0.4, 0.5) is 0 Å². The summed E-state index contributed by atoms with van der Waals surface area (Å²) in [5.74, 6) is -0.0714. The molecule has 0 atom stereocenters. The summed E-state index contributed by atoms with van der Waals surface area (Å²) in [6, 6.07) is 16.2. The van der Waals surface area contributed by atoms with Crippen LogP contribution in [0.3, 0.4) is 0 Å². The second-order valence-corrected chi connectivity index (χ2v) is 5.84. The van der Waals surface area contributed by atoms with Crippen LogP contribution in [-0.4, -0.2) is 47.8 Å². The smallest absolute Gasteiger partial charge is 0.255 e. The number of nitrogens with zero attached hydrogens (tertiary/aromatic N) is 2. The van der Waals surface area contributed by atoms with E-state index in [9.17, 15) is 9.59 Å². The third-order valence-corrected chi connectivity index (χ3v) is 4.31. The summed E-state index contributed by atoms with van der Waals surface area (Å²) in [5.41, 5.74) is 1.19. The highest BCUT2D eigenvalue weighted by molar-refractivity contribution is 6.33. The molecule has 5 heteroatoms. The van der Waals surface area contributed by atoms with Crippen LogP contribution in [0.5, 0.6) is 0 Å². The highest BCUT2D eigenvalue weighted by atomic mass is 35.5. The van der Waals surface area contributed by atoms with Crippen molar-refractivity contribution >= 4 is 23.4 Å². The molecular formula is C18H17ClN2O2. The third-order valence-electron chi connectivity index (χ3n) is 3.98. The summed E-state index contributed by atoms with van der Waals surface area (Å²) in [7, 11) is 0. The molecule has 1 aliphatic heterocycles. The first-order chi connectivity index (χ1) is 11.2. The van der Waals surface area contributed by atoms with Crippen molar-refractivity contribution in [2.24, 2.45) is 0 Å². The van der Waals surface area contributed by atoms with Crippen molar-refractivity contribution in [1.82, 2.24) is 9.80 Å². The first-order valence-electron chi connectivity index (χ1n) is 7.55. The van der Waals surface area contributed by atoms with Gasteiger partial charge in [-0.25, -0.2) is 0 Å². The lowest BCUT2D eigenvalue weighted by Crippen LogP contribution is -2.50. The van der Waals surface area contributed by atoms with E-state index >= 15 is 0 Å².